The van der Waals surface area contributed by atoms with E-state index in [1.54, 1.807) is 0 Å². The fourth-order valence-electron chi connectivity index (χ4n) is 2.17. The van der Waals surface area contributed by atoms with Crippen molar-refractivity contribution in [1.82, 2.24) is 5.43 Å². The van der Waals surface area contributed by atoms with Crippen molar-refractivity contribution >= 4 is 17.4 Å². The van der Waals surface area contributed by atoms with Crippen LogP contribution in [0.15, 0.2) is 35.4 Å². The Morgan fingerprint density at radius 2 is 2.11 bits per heavy atom. The highest BCUT2D eigenvalue weighted by atomic mass is 16.2. The van der Waals surface area contributed by atoms with Gasteiger partial charge in [0.2, 0.25) is 0 Å². The zero-order valence-electron chi connectivity index (χ0n) is 10.6. The summed E-state index contributed by atoms with van der Waals surface area (Å²) < 4.78 is 0. The van der Waals surface area contributed by atoms with Crippen LogP contribution in [0.25, 0.3) is 0 Å². The van der Waals surface area contributed by atoms with E-state index < -0.39 is 0 Å². The molecule has 1 saturated carbocycles. The molecule has 1 unspecified atom stereocenters. The van der Waals surface area contributed by atoms with Gasteiger partial charge in [0.15, 0.2) is 0 Å². The topological polar surface area (TPSA) is 53.5 Å². The lowest BCUT2D eigenvalue weighted by molar-refractivity contribution is 0.252. The molecule has 0 spiro atoms. The van der Waals surface area contributed by atoms with E-state index in [-0.39, 0.29) is 6.03 Å². The molecule has 96 valence electrons. The molecule has 0 heterocycles. The molecule has 1 aromatic rings. The van der Waals surface area contributed by atoms with Gasteiger partial charge in [0, 0.05) is 11.4 Å². The molecule has 18 heavy (non-hydrogen) atoms. The second kappa shape index (κ2) is 6.19. The Hall–Kier alpha value is -1.84. The summed E-state index contributed by atoms with van der Waals surface area (Å²) in [5.74, 6) is 0.677. The van der Waals surface area contributed by atoms with Crippen molar-refractivity contribution < 1.29 is 4.79 Å². The molecule has 0 aromatic heterocycles. The summed E-state index contributed by atoms with van der Waals surface area (Å²) in [4.78, 5) is 11.6. The molecule has 0 saturated heterocycles. The summed E-state index contributed by atoms with van der Waals surface area (Å²) in [7, 11) is 0. The lowest BCUT2D eigenvalue weighted by Crippen LogP contribution is -2.26. The fraction of sp³-hybridized carbons (Fsp3) is 0.429. The van der Waals surface area contributed by atoms with E-state index in [1.807, 2.05) is 30.3 Å². The smallest absolute Gasteiger partial charge is 0.307 e. The van der Waals surface area contributed by atoms with Crippen molar-refractivity contribution in [1.29, 1.82) is 0 Å². The summed E-state index contributed by atoms with van der Waals surface area (Å²) in [5.41, 5.74) is 4.42. The van der Waals surface area contributed by atoms with Gasteiger partial charge < -0.3 is 5.32 Å². The lowest BCUT2D eigenvalue weighted by atomic mass is 9.89. The zero-order chi connectivity index (χ0) is 12.8. The summed E-state index contributed by atoms with van der Waals surface area (Å²) in [6.45, 7) is 2.22. The summed E-state index contributed by atoms with van der Waals surface area (Å²) in [6.07, 6.45) is 4.42. The van der Waals surface area contributed by atoms with Gasteiger partial charge in [-0.2, -0.15) is 5.10 Å². The molecule has 4 heteroatoms. The Kier molecular flexibility index (Phi) is 4.34. The number of hydrogen-bond acceptors (Lipinski definition) is 2. The third-order valence-electron chi connectivity index (χ3n) is 3.09. The highest BCUT2D eigenvalue weighted by Crippen LogP contribution is 2.20. The Labute approximate surface area is 107 Å². The number of para-hydroxylation sites is 1. The number of rotatable bonds is 2. The first-order chi connectivity index (χ1) is 8.74. The molecule has 4 nitrogen and oxygen atoms in total. The highest BCUT2D eigenvalue weighted by molar-refractivity contribution is 5.91. The Morgan fingerprint density at radius 3 is 2.83 bits per heavy atom. The number of hydrazone groups is 1. The number of carbonyl (C=O) groups excluding carboxylic acids is 1. The van der Waals surface area contributed by atoms with Crippen molar-refractivity contribution in [3.63, 3.8) is 0 Å². The maximum absolute atomic E-state index is 11.6. The molecular weight excluding hydrogens is 226 g/mol. The van der Waals surface area contributed by atoms with Crippen LogP contribution >= 0.6 is 0 Å². The first-order valence-electron chi connectivity index (χ1n) is 6.41. The molecule has 2 N–H and O–H groups in total. The van der Waals surface area contributed by atoms with Crippen LogP contribution in [0.4, 0.5) is 10.5 Å². The molecule has 1 aliphatic carbocycles. The molecule has 1 aromatic carbocycles. The highest BCUT2D eigenvalue weighted by Gasteiger charge is 2.14. The molecular formula is C14H19N3O. The van der Waals surface area contributed by atoms with E-state index in [2.05, 4.69) is 22.8 Å². The van der Waals surface area contributed by atoms with E-state index in [1.165, 1.54) is 12.8 Å². The predicted molar refractivity (Wildman–Crippen MR) is 73.7 cm³/mol. The molecule has 2 rings (SSSR count). The van der Waals surface area contributed by atoms with Crippen molar-refractivity contribution in [2.75, 3.05) is 5.32 Å². The Balaban J connectivity index is 1.83. The third kappa shape index (κ3) is 3.87. The number of carbonyl (C=O) groups is 1. The van der Waals surface area contributed by atoms with E-state index in [0.717, 1.165) is 24.2 Å². The first-order valence-corrected chi connectivity index (χ1v) is 6.41. The van der Waals surface area contributed by atoms with Crippen LogP contribution in [0, 0.1) is 5.92 Å². The van der Waals surface area contributed by atoms with Gasteiger partial charge in [0.05, 0.1) is 0 Å². The van der Waals surface area contributed by atoms with Gasteiger partial charge in [0.1, 0.15) is 0 Å². The average molecular weight is 245 g/mol. The third-order valence-corrected chi connectivity index (χ3v) is 3.09. The first kappa shape index (κ1) is 12.6. The lowest BCUT2D eigenvalue weighted by Gasteiger charge is -2.18. The second-order valence-corrected chi connectivity index (χ2v) is 4.81. The number of nitrogens with zero attached hydrogens (tertiary/aromatic N) is 1. The molecule has 0 radical (unpaired) electrons. The van der Waals surface area contributed by atoms with Gasteiger partial charge in [-0.3, -0.25) is 0 Å². The summed E-state index contributed by atoms with van der Waals surface area (Å²) in [5, 5.41) is 6.92. The van der Waals surface area contributed by atoms with Crippen LogP contribution in [-0.4, -0.2) is 11.7 Å². The number of benzene rings is 1. The van der Waals surface area contributed by atoms with Crippen molar-refractivity contribution in [2.24, 2.45) is 11.0 Å². The summed E-state index contributed by atoms with van der Waals surface area (Å²) in [6, 6.07) is 9.07. The monoisotopic (exact) mass is 245 g/mol. The van der Waals surface area contributed by atoms with E-state index in [9.17, 15) is 4.79 Å². The SMILES string of the molecule is CC1CCCC(=NNC(=O)Nc2ccccc2)C1. The number of nitrogens with one attached hydrogen (secondary N) is 2. The molecule has 0 bridgehead atoms. The Bertz CT molecular complexity index is 428. The van der Waals surface area contributed by atoms with Crippen LogP contribution in [-0.2, 0) is 0 Å². The van der Waals surface area contributed by atoms with Gasteiger partial charge in [-0.1, -0.05) is 25.1 Å². The van der Waals surface area contributed by atoms with Crippen molar-refractivity contribution in [2.45, 2.75) is 32.6 Å². The minimum Gasteiger partial charge on any atom is -0.307 e. The van der Waals surface area contributed by atoms with E-state index in [4.69, 9.17) is 0 Å². The van der Waals surface area contributed by atoms with Crippen molar-refractivity contribution in [3.05, 3.63) is 30.3 Å². The van der Waals surface area contributed by atoms with Gasteiger partial charge in [-0.15, -0.1) is 0 Å². The van der Waals surface area contributed by atoms with Crippen LogP contribution in [0.5, 0.6) is 0 Å². The standard InChI is InChI=1S/C14H19N3O/c1-11-6-5-9-13(10-11)16-17-14(18)15-12-7-3-2-4-8-12/h2-4,7-8,11H,5-6,9-10H2,1H3,(H2,15,17,18). The molecule has 0 aliphatic heterocycles. The second-order valence-electron chi connectivity index (χ2n) is 4.81. The largest absolute Gasteiger partial charge is 0.339 e. The maximum atomic E-state index is 11.6. The van der Waals surface area contributed by atoms with Gasteiger partial charge in [0.25, 0.3) is 0 Å². The van der Waals surface area contributed by atoms with Crippen LogP contribution in [0.1, 0.15) is 32.6 Å². The molecule has 1 atom stereocenters. The number of hydrogen-bond donors (Lipinski definition) is 2. The minimum atomic E-state index is -0.285. The molecule has 1 aliphatic rings. The van der Waals surface area contributed by atoms with Crippen LogP contribution in [0.3, 0.4) is 0 Å². The fourth-order valence-corrected chi connectivity index (χ4v) is 2.17. The van der Waals surface area contributed by atoms with Gasteiger partial charge in [-0.05, 0) is 43.7 Å². The molecule has 1 fully saturated rings. The normalized spacial score (nSPS) is 21.6. The zero-order valence-corrected chi connectivity index (χ0v) is 10.6. The predicted octanol–water partition coefficient (Wildman–Crippen LogP) is 3.37. The quantitative estimate of drug-likeness (QED) is 0.771. The van der Waals surface area contributed by atoms with Crippen LogP contribution < -0.4 is 10.7 Å². The van der Waals surface area contributed by atoms with Gasteiger partial charge >= 0.3 is 6.03 Å². The number of anilines is 1. The van der Waals surface area contributed by atoms with Crippen molar-refractivity contribution in [3.8, 4) is 0 Å². The van der Waals surface area contributed by atoms with Crippen LogP contribution in [0.2, 0.25) is 0 Å². The summed E-state index contributed by atoms with van der Waals surface area (Å²) >= 11 is 0. The van der Waals surface area contributed by atoms with Gasteiger partial charge in [-0.25, -0.2) is 10.2 Å². The number of amides is 2. The number of urea groups is 1. The van der Waals surface area contributed by atoms with E-state index >= 15 is 0 Å². The minimum absolute atomic E-state index is 0.285. The van der Waals surface area contributed by atoms with E-state index in [0.29, 0.717) is 5.92 Å². The maximum Gasteiger partial charge on any atom is 0.339 e. The Morgan fingerprint density at radius 1 is 1.33 bits per heavy atom. The average Bonchev–Trinajstić information content (AvgIpc) is 2.38. The molecule has 2 amide bonds.